The maximum Gasteiger partial charge on any atom is 0.335 e. The molecule has 1 aromatic rings. The van der Waals surface area contributed by atoms with Crippen LogP contribution in [-0.2, 0) is 0 Å². The van der Waals surface area contributed by atoms with Gasteiger partial charge in [0.1, 0.15) is 6.26 Å². The van der Waals surface area contributed by atoms with Gasteiger partial charge in [-0.1, -0.05) is 13.8 Å². The molecule has 1 amide bonds. The average molecular weight is 238 g/mol. The Morgan fingerprint density at radius 1 is 1.41 bits per heavy atom. The van der Waals surface area contributed by atoms with Crippen molar-refractivity contribution in [3.63, 3.8) is 0 Å². The number of carbonyl (C=O) groups excluding carboxylic acids is 1. The molecule has 0 aliphatic heterocycles. The third-order valence-electron chi connectivity index (χ3n) is 2.97. The van der Waals surface area contributed by atoms with E-state index in [-0.39, 0.29) is 11.4 Å². The highest BCUT2D eigenvalue weighted by Gasteiger charge is 2.21. The standard InChI is InChI=1S/C12H18N2O3/c1-3-12(13,4-2)8-14-11(16)9-5-6-10(15)17-7-9/h5-7H,3-4,8,13H2,1-2H3,(H,14,16). The molecule has 0 aliphatic carbocycles. The van der Waals surface area contributed by atoms with Crippen LogP contribution in [0.1, 0.15) is 37.0 Å². The quantitative estimate of drug-likeness (QED) is 0.797. The summed E-state index contributed by atoms with van der Waals surface area (Å²) >= 11 is 0. The lowest BCUT2D eigenvalue weighted by atomic mass is 9.94. The van der Waals surface area contributed by atoms with Crippen molar-refractivity contribution < 1.29 is 9.21 Å². The summed E-state index contributed by atoms with van der Waals surface area (Å²) in [6.07, 6.45) is 2.72. The summed E-state index contributed by atoms with van der Waals surface area (Å²) < 4.78 is 4.62. The van der Waals surface area contributed by atoms with E-state index in [0.29, 0.717) is 12.1 Å². The van der Waals surface area contributed by atoms with Crippen LogP contribution >= 0.6 is 0 Å². The summed E-state index contributed by atoms with van der Waals surface area (Å²) in [6.45, 7) is 4.37. The number of nitrogens with one attached hydrogen (secondary N) is 1. The molecule has 0 aromatic carbocycles. The first-order valence-corrected chi connectivity index (χ1v) is 5.66. The van der Waals surface area contributed by atoms with E-state index in [4.69, 9.17) is 5.73 Å². The van der Waals surface area contributed by atoms with Gasteiger partial charge >= 0.3 is 5.63 Å². The zero-order valence-corrected chi connectivity index (χ0v) is 10.2. The van der Waals surface area contributed by atoms with Crippen molar-refractivity contribution in [2.75, 3.05) is 6.54 Å². The summed E-state index contributed by atoms with van der Waals surface area (Å²) in [6, 6.07) is 2.64. The predicted octanol–water partition coefficient (Wildman–Crippen LogP) is 0.887. The minimum absolute atomic E-state index is 0.287. The highest BCUT2D eigenvalue weighted by atomic mass is 16.4. The molecule has 5 nitrogen and oxygen atoms in total. The molecule has 0 aliphatic rings. The zero-order chi connectivity index (χ0) is 12.9. The molecule has 94 valence electrons. The van der Waals surface area contributed by atoms with Crippen LogP contribution in [0.3, 0.4) is 0 Å². The number of carbonyl (C=O) groups is 1. The number of hydrogen-bond donors (Lipinski definition) is 2. The molecule has 0 atom stereocenters. The Kier molecular flexibility index (Phi) is 4.45. The summed E-state index contributed by atoms with van der Waals surface area (Å²) in [7, 11) is 0. The van der Waals surface area contributed by atoms with Crippen LogP contribution < -0.4 is 16.7 Å². The van der Waals surface area contributed by atoms with Crippen LogP contribution in [0.5, 0.6) is 0 Å². The van der Waals surface area contributed by atoms with Gasteiger partial charge in [0.25, 0.3) is 5.91 Å². The molecule has 0 unspecified atom stereocenters. The third-order valence-corrected chi connectivity index (χ3v) is 2.97. The van der Waals surface area contributed by atoms with Crippen LogP contribution in [0, 0.1) is 0 Å². The minimum Gasteiger partial charge on any atom is -0.430 e. The Bertz CT molecular complexity index is 415. The van der Waals surface area contributed by atoms with Crippen molar-refractivity contribution in [3.05, 3.63) is 34.4 Å². The number of hydrogen-bond acceptors (Lipinski definition) is 4. The Morgan fingerprint density at radius 3 is 2.53 bits per heavy atom. The molecule has 0 spiro atoms. The number of amides is 1. The SMILES string of the molecule is CCC(N)(CC)CNC(=O)c1ccc(=O)oc1. The Balaban J connectivity index is 2.61. The smallest absolute Gasteiger partial charge is 0.335 e. The number of rotatable bonds is 5. The Labute approximate surface area is 100 Å². The summed E-state index contributed by atoms with van der Waals surface area (Å²) in [4.78, 5) is 22.4. The molecule has 1 aromatic heterocycles. The molecular formula is C12H18N2O3. The molecule has 1 heterocycles. The average Bonchev–Trinajstić information content (AvgIpc) is 2.36. The minimum atomic E-state index is -0.475. The first kappa shape index (κ1) is 13.4. The van der Waals surface area contributed by atoms with Crippen molar-refractivity contribution in [2.24, 2.45) is 5.73 Å². The van der Waals surface area contributed by atoms with Crippen molar-refractivity contribution in [2.45, 2.75) is 32.2 Å². The largest absolute Gasteiger partial charge is 0.430 e. The monoisotopic (exact) mass is 238 g/mol. The van der Waals surface area contributed by atoms with Crippen LogP contribution in [0.2, 0.25) is 0 Å². The molecule has 0 fully saturated rings. The summed E-state index contributed by atoms with van der Waals surface area (Å²) in [5.41, 5.74) is 5.52. The van der Waals surface area contributed by atoms with E-state index in [1.165, 1.54) is 12.1 Å². The lowest BCUT2D eigenvalue weighted by Crippen LogP contribution is -2.49. The third kappa shape index (κ3) is 3.71. The first-order chi connectivity index (χ1) is 8.00. The molecule has 0 saturated heterocycles. The maximum atomic E-state index is 11.7. The Hall–Kier alpha value is -1.62. The van der Waals surface area contributed by atoms with Crippen LogP contribution in [-0.4, -0.2) is 18.0 Å². The van der Waals surface area contributed by atoms with Crippen LogP contribution in [0.15, 0.2) is 27.6 Å². The number of nitrogens with two attached hydrogens (primary N) is 1. The molecule has 0 saturated carbocycles. The molecule has 5 heteroatoms. The van der Waals surface area contributed by atoms with E-state index in [9.17, 15) is 9.59 Å². The highest BCUT2D eigenvalue weighted by molar-refractivity contribution is 5.93. The van der Waals surface area contributed by atoms with Gasteiger partial charge in [0, 0.05) is 18.2 Å². The molecule has 0 bridgehead atoms. The maximum absolute atomic E-state index is 11.7. The highest BCUT2D eigenvalue weighted by Crippen LogP contribution is 2.09. The fourth-order valence-electron chi connectivity index (χ4n) is 1.35. The van der Waals surface area contributed by atoms with Crippen LogP contribution in [0.4, 0.5) is 0 Å². The van der Waals surface area contributed by atoms with Crippen molar-refractivity contribution >= 4 is 5.91 Å². The van der Waals surface area contributed by atoms with Crippen molar-refractivity contribution in [1.82, 2.24) is 5.32 Å². The molecule has 0 radical (unpaired) electrons. The second-order valence-corrected chi connectivity index (χ2v) is 4.10. The van der Waals surface area contributed by atoms with Gasteiger partial charge in [-0.3, -0.25) is 4.79 Å². The van der Waals surface area contributed by atoms with E-state index >= 15 is 0 Å². The van der Waals surface area contributed by atoms with Crippen LogP contribution in [0.25, 0.3) is 0 Å². The molecular weight excluding hydrogens is 220 g/mol. The van der Waals surface area contributed by atoms with E-state index in [1.54, 1.807) is 0 Å². The van der Waals surface area contributed by atoms with Gasteiger partial charge in [0.05, 0.1) is 5.56 Å². The van der Waals surface area contributed by atoms with Gasteiger partial charge in [-0.2, -0.15) is 0 Å². The van der Waals surface area contributed by atoms with Gasteiger partial charge in [-0.15, -0.1) is 0 Å². The van der Waals surface area contributed by atoms with E-state index in [0.717, 1.165) is 19.1 Å². The molecule has 3 N–H and O–H groups in total. The summed E-state index contributed by atoms with van der Waals surface area (Å²) in [5, 5.41) is 2.73. The van der Waals surface area contributed by atoms with Crippen molar-refractivity contribution in [3.8, 4) is 0 Å². The molecule has 17 heavy (non-hydrogen) atoms. The second-order valence-electron chi connectivity index (χ2n) is 4.10. The fourth-order valence-corrected chi connectivity index (χ4v) is 1.35. The van der Waals surface area contributed by atoms with E-state index < -0.39 is 5.63 Å². The fraction of sp³-hybridized carbons (Fsp3) is 0.500. The lowest BCUT2D eigenvalue weighted by molar-refractivity contribution is 0.0939. The van der Waals surface area contributed by atoms with E-state index in [1.807, 2.05) is 13.8 Å². The molecule has 1 rings (SSSR count). The zero-order valence-electron chi connectivity index (χ0n) is 10.2. The van der Waals surface area contributed by atoms with Gasteiger partial charge in [-0.05, 0) is 18.9 Å². The topological polar surface area (TPSA) is 85.3 Å². The van der Waals surface area contributed by atoms with E-state index in [2.05, 4.69) is 9.73 Å². The lowest BCUT2D eigenvalue weighted by Gasteiger charge is -2.26. The second kappa shape index (κ2) is 5.63. The van der Waals surface area contributed by atoms with Gasteiger partial charge in [-0.25, -0.2) is 4.79 Å². The van der Waals surface area contributed by atoms with Crippen molar-refractivity contribution in [1.29, 1.82) is 0 Å². The van der Waals surface area contributed by atoms with Gasteiger partial charge in [0.15, 0.2) is 0 Å². The van der Waals surface area contributed by atoms with Gasteiger partial charge in [0.2, 0.25) is 0 Å². The normalized spacial score (nSPS) is 11.2. The Morgan fingerprint density at radius 2 is 2.06 bits per heavy atom. The summed E-state index contributed by atoms with van der Waals surface area (Å²) in [5.74, 6) is -0.287. The first-order valence-electron chi connectivity index (χ1n) is 5.66. The van der Waals surface area contributed by atoms with Gasteiger partial charge < -0.3 is 15.5 Å². The predicted molar refractivity (Wildman–Crippen MR) is 64.8 cm³/mol.